The summed E-state index contributed by atoms with van der Waals surface area (Å²) in [5.41, 5.74) is 5.96. The molecule has 1 aromatic carbocycles. The molecule has 0 saturated heterocycles. The van der Waals surface area contributed by atoms with Crippen molar-refractivity contribution in [2.45, 2.75) is 19.8 Å². The quantitative estimate of drug-likeness (QED) is 0.498. The van der Waals surface area contributed by atoms with E-state index in [0.29, 0.717) is 6.54 Å². The van der Waals surface area contributed by atoms with Gasteiger partial charge in [-0.25, -0.2) is 4.98 Å². The maximum atomic E-state index is 8.83. The zero-order chi connectivity index (χ0) is 14.1. The van der Waals surface area contributed by atoms with Crippen molar-refractivity contribution >= 4 is 12.0 Å². The predicted octanol–water partition coefficient (Wildman–Crippen LogP) is 3.33. The number of benzene rings is 1. The van der Waals surface area contributed by atoms with Crippen LogP contribution in [0.25, 0.3) is 11.1 Å². The summed E-state index contributed by atoms with van der Waals surface area (Å²) >= 11 is 0. The van der Waals surface area contributed by atoms with Crippen LogP contribution in [0.1, 0.15) is 22.6 Å². The highest BCUT2D eigenvalue weighted by Gasteiger charge is 2.26. The summed E-state index contributed by atoms with van der Waals surface area (Å²) in [6, 6.07) is 8.47. The molecule has 2 N–H and O–H groups in total. The molecule has 4 nitrogen and oxygen atoms in total. The van der Waals surface area contributed by atoms with Crippen molar-refractivity contribution in [3.63, 3.8) is 0 Å². The molecule has 0 amide bonds. The van der Waals surface area contributed by atoms with Gasteiger partial charge in [0.15, 0.2) is 0 Å². The van der Waals surface area contributed by atoms with Crippen LogP contribution in [0.4, 0.5) is 5.82 Å². The van der Waals surface area contributed by atoms with Crippen LogP contribution in [0.3, 0.4) is 0 Å². The lowest BCUT2D eigenvalue weighted by Crippen LogP contribution is -2.04. The number of pyridine rings is 1. The average Bonchev–Trinajstić information content (AvgIpc) is 2.83. The molecule has 0 radical (unpaired) electrons. The van der Waals surface area contributed by atoms with E-state index >= 15 is 0 Å². The van der Waals surface area contributed by atoms with Gasteiger partial charge in [-0.1, -0.05) is 23.8 Å². The first-order valence-corrected chi connectivity index (χ1v) is 6.68. The van der Waals surface area contributed by atoms with Crippen LogP contribution >= 0.6 is 0 Å². The fraction of sp³-hybridized carbons (Fsp3) is 0.250. The zero-order valence-corrected chi connectivity index (χ0v) is 11.6. The molecule has 2 aromatic rings. The first-order chi connectivity index (χ1) is 9.70. The summed E-state index contributed by atoms with van der Waals surface area (Å²) in [6.45, 7) is 4.93. The molecule has 1 aliphatic rings. The van der Waals surface area contributed by atoms with E-state index in [1.165, 1.54) is 16.7 Å². The first kappa shape index (κ1) is 12.7. The smallest absolute Gasteiger partial charge is 0.130 e. The number of aryl methyl sites for hydroxylation is 2. The molecule has 2 heterocycles. The topological polar surface area (TPSA) is 57.5 Å². The minimum Gasteiger partial charge on any atom is -0.411 e. The van der Waals surface area contributed by atoms with Gasteiger partial charge < -0.3 is 10.5 Å². The van der Waals surface area contributed by atoms with Crippen LogP contribution in [0.5, 0.6) is 0 Å². The van der Waals surface area contributed by atoms with Crippen LogP contribution in [0.2, 0.25) is 0 Å². The molecule has 4 heteroatoms. The molecule has 1 atom stereocenters. The maximum Gasteiger partial charge on any atom is 0.130 e. The molecule has 0 bridgehead atoms. The number of hydrogen-bond donors (Lipinski definition) is 2. The van der Waals surface area contributed by atoms with Gasteiger partial charge in [0.25, 0.3) is 0 Å². The van der Waals surface area contributed by atoms with Gasteiger partial charge in [-0.05, 0) is 36.6 Å². The Morgan fingerprint density at radius 3 is 2.90 bits per heavy atom. The van der Waals surface area contributed by atoms with Crippen molar-refractivity contribution in [1.82, 2.24) is 4.98 Å². The number of oxime groups is 1. The van der Waals surface area contributed by atoms with Crippen LogP contribution in [-0.2, 0) is 0 Å². The Kier molecular flexibility index (Phi) is 3.14. The zero-order valence-electron chi connectivity index (χ0n) is 11.6. The number of rotatable bonds is 2. The van der Waals surface area contributed by atoms with Gasteiger partial charge in [0.1, 0.15) is 5.82 Å². The summed E-state index contributed by atoms with van der Waals surface area (Å²) in [5.74, 6) is 0.937. The van der Waals surface area contributed by atoms with E-state index in [4.69, 9.17) is 5.21 Å². The van der Waals surface area contributed by atoms with Gasteiger partial charge in [-0.2, -0.15) is 0 Å². The number of anilines is 1. The summed E-state index contributed by atoms with van der Waals surface area (Å²) in [6.07, 6.45) is 3.38. The third-order valence-electron chi connectivity index (χ3n) is 3.77. The van der Waals surface area contributed by atoms with E-state index in [1.807, 2.05) is 12.3 Å². The molecule has 1 unspecified atom stereocenters. The van der Waals surface area contributed by atoms with Crippen molar-refractivity contribution in [3.8, 4) is 11.1 Å². The van der Waals surface area contributed by atoms with Gasteiger partial charge in [-0.3, -0.25) is 0 Å². The molecule has 0 spiro atoms. The molecule has 0 saturated carbocycles. The van der Waals surface area contributed by atoms with Crippen LogP contribution in [0.15, 0.2) is 35.6 Å². The lowest BCUT2D eigenvalue weighted by atomic mass is 9.91. The van der Waals surface area contributed by atoms with E-state index in [2.05, 4.69) is 47.5 Å². The molecular formula is C16H17N3O. The van der Waals surface area contributed by atoms with Crippen LogP contribution in [0, 0.1) is 13.8 Å². The highest BCUT2D eigenvalue weighted by molar-refractivity contribution is 5.84. The van der Waals surface area contributed by atoms with Crippen molar-refractivity contribution in [3.05, 3.63) is 47.2 Å². The van der Waals surface area contributed by atoms with E-state index in [1.54, 1.807) is 6.21 Å². The summed E-state index contributed by atoms with van der Waals surface area (Å²) in [4.78, 5) is 4.37. The third-order valence-corrected chi connectivity index (χ3v) is 3.77. The Balaban J connectivity index is 2.18. The minimum absolute atomic E-state index is 0.0550. The summed E-state index contributed by atoms with van der Waals surface area (Å²) in [5, 5.41) is 15.3. The Bertz CT molecular complexity index is 679. The van der Waals surface area contributed by atoms with Crippen LogP contribution < -0.4 is 5.32 Å². The lowest BCUT2D eigenvalue weighted by molar-refractivity contribution is 0.320. The highest BCUT2D eigenvalue weighted by atomic mass is 16.4. The largest absolute Gasteiger partial charge is 0.411 e. The van der Waals surface area contributed by atoms with Gasteiger partial charge in [-0.15, -0.1) is 5.16 Å². The van der Waals surface area contributed by atoms with Gasteiger partial charge >= 0.3 is 0 Å². The van der Waals surface area contributed by atoms with E-state index in [9.17, 15) is 0 Å². The van der Waals surface area contributed by atoms with Crippen molar-refractivity contribution in [2.75, 3.05) is 11.9 Å². The predicted molar refractivity (Wildman–Crippen MR) is 80.7 cm³/mol. The van der Waals surface area contributed by atoms with Crippen molar-refractivity contribution in [1.29, 1.82) is 0 Å². The fourth-order valence-corrected chi connectivity index (χ4v) is 2.86. The van der Waals surface area contributed by atoms with Gasteiger partial charge in [0.2, 0.25) is 0 Å². The van der Waals surface area contributed by atoms with Crippen molar-refractivity contribution < 1.29 is 5.21 Å². The Labute approximate surface area is 118 Å². The van der Waals surface area contributed by atoms with E-state index < -0.39 is 0 Å². The van der Waals surface area contributed by atoms with E-state index in [-0.39, 0.29) is 5.92 Å². The second kappa shape index (κ2) is 4.96. The molecule has 1 aromatic heterocycles. The number of nitrogens with zero attached hydrogens (tertiary/aromatic N) is 2. The third kappa shape index (κ3) is 2.03. The number of nitrogens with one attached hydrogen (secondary N) is 1. The van der Waals surface area contributed by atoms with Crippen molar-refractivity contribution in [2.24, 2.45) is 5.16 Å². The summed E-state index contributed by atoms with van der Waals surface area (Å²) < 4.78 is 0. The van der Waals surface area contributed by atoms with Crippen LogP contribution in [-0.4, -0.2) is 23.0 Å². The lowest BCUT2D eigenvalue weighted by Gasteiger charge is -2.13. The second-order valence-corrected chi connectivity index (χ2v) is 5.19. The molecule has 3 rings (SSSR count). The molecule has 20 heavy (non-hydrogen) atoms. The Morgan fingerprint density at radius 2 is 2.15 bits per heavy atom. The average molecular weight is 267 g/mol. The first-order valence-electron chi connectivity index (χ1n) is 6.68. The molecular weight excluding hydrogens is 250 g/mol. The minimum atomic E-state index is 0.0550. The van der Waals surface area contributed by atoms with E-state index in [0.717, 1.165) is 16.9 Å². The van der Waals surface area contributed by atoms with Gasteiger partial charge in [0, 0.05) is 24.2 Å². The molecule has 1 aliphatic heterocycles. The maximum absolute atomic E-state index is 8.83. The monoisotopic (exact) mass is 267 g/mol. The van der Waals surface area contributed by atoms with Gasteiger partial charge in [0.05, 0.1) is 6.21 Å². The summed E-state index contributed by atoms with van der Waals surface area (Å²) in [7, 11) is 0. The fourth-order valence-electron chi connectivity index (χ4n) is 2.86. The Morgan fingerprint density at radius 1 is 1.30 bits per heavy atom. The SMILES string of the molecule is Cc1ccc(-c2ccnc3c2C(/C=N/O)CN3)c(C)c1. The standard InChI is InChI=1S/C16H17N3O/c1-10-3-4-13(11(2)7-10)14-5-6-17-16-15(14)12(8-18-16)9-19-20/h3-7,9,12,20H,8H2,1-2H3,(H,17,18)/b19-9+. The Hall–Kier alpha value is -2.36. The molecule has 0 aliphatic carbocycles. The molecule has 0 fully saturated rings. The second-order valence-electron chi connectivity index (χ2n) is 5.19. The number of fused-ring (bicyclic) bond motifs is 1. The normalized spacial score (nSPS) is 17.2. The number of aromatic nitrogens is 1. The molecule has 102 valence electrons. The number of hydrogen-bond acceptors (Lipinski definition) is 4. The highest BCUT2D eigenvalue weighted by Crippen LogP contribution is 2.38.